The Labute approximate surface area is 58.5 Å². The zero-order valence-electron chi connectivity index (χ0n) is 5.49. The van der Waals surface area contributed by atoms with E-state index in [9.17, 15) is 4.79 Å². The maximum absolute atomic E-state index is 9.84. The number of nitrogens with two attached hydrogens (primary N) is 1. The zero-order chi connectivity index (χ0) is 7.82. The van der Waals surface area contributed by atoms with Gasteiger partial charge in [-0.3, -0.25) is 4.79 Å². The van der Waals surface area contributed by atoms with Crippen molar-refractivity contribution >= 4 is 12.4 Å². The predicted molar refractivity (Wildman–Crippen MR) is 36.0 cm³/mol. The molecule has 0 aromatic rings. The monoisotopic (exact) mass is 146 g/mol. The van der Waals surface area contributed by atoms with Gasteiger partial charge in [-0.2, -0.15) is 0 Å². The number of carboxylic acids is 1. The van der Waals surface area contributed by atoms with Gasteiger partial charge in [-0.15, -0.1) is 0 Å². The number of hydrogen-bond donors (Lipinski definition) is 2. The Balaban J connectivity index is 3.12. The van der Waals surface area contributed by atoms with Crippen molar-refractivity contribution in [3.8, 4) is 0 Å². The summed E-state index contributed by atoms with van der Waals surface area (Å²) in [6.45, 7) is 0.507. The van der Waals surface area contributed by atoms with E-state index < -0.39 is 5.97 Å². The summed E-state index contributed by atoms with van der Waals surface area (Å²) in [4.78, 5) is 13.2. The fraction of sp³-hybridized carbons (Fsp3) is 0.600. The van der Waals surface area contributed by atoms with Gasteiger partial charge in [0, 0.05) is 6.54 Å². The molecule has 3 N–H and O–H groups in total. The molecule has 0 heterocycles. The lowest BCUT2D eigenvalue weighted by Crippen LogP contribution is -2.08. The third-order valence-corrected chi connectivity index (χ3v) is 0.611. The van der Waals surface area contributed by atoms with E-state index in [0.717, 1.165) is 6.40 Å². The van der Waals surface area contributed by atoms with Gasteiger partial charge < -0.3 is 15.6 Å². The van der Waals surface area contributed by atoms with Crippen molar-refractivity contribution in [3.05, 3.63) is 0 Å². The molecule has 0 saturated heterocycles. The first-order chi connectivity index (χ1) is 4.77. The van der Waals surface area contributed by atoms with E-state index in [2.05, 4.69) is 9.73 Å². The summed E-state index contributed by atoms with van der Waals surface area (Å²) in [5.41, 5.74) is 5.07. The van der Waals surface area contributed by atoms with Gasteiger partial charge in [0.2, 0.25) is 0 Å². The molecule has 0 aliphatic heterocycles. The van der Waals surface area contributed by atoms with Crippen LogP contribution in [0.4, 0.5) is 0 Å². The molecule has 0 spiro atoms. The summed E-state index contributed by atoms with van der Waals surface area (Å²) in [5.74, 6) is -0.979. The molecule has 0 fully saturated rings. The maximum atomic E-state index is 9.84. The third kappa shape index (κ3) is 6.90. The van der Waals surface area contributed by atoms with E-state index in [1.807, 2.05) is 0 Å². The fourth-order valence-corrected chi connectivity index (χ4v) is 0.289. The second-order valence-corrected chi connectivity index (χ2v) is 1.50. The molecule has 0 aliphatic rings. The van der Waals surface area contributed by atoms with Crippen LogP contribution in [0.25, 0.3) is 0 Å². The van der Waals surface area contributed by atoms with Gasteiger partial charge in [-0.1, -0.05) is 0 Å². The smallest absolute Gasteiger partial charge is 0.325 e. The zero-order valence-corrected chi connectivity index (χ0v) is 5.49. The molecule has 0 radical (unpaired) electrons. The lowest BCUT2D eigenvalue weighted by atomic mass is 10.7. The van der Waals surface area contributed by atoms with Gasteiger partial charge in [0.15, 0.2) is 6.40 Å². The van der Waals surface area contributed by atoms with Crippen molar-refractivity contribution in [2.75, 3.05) is 19.7 Å². The summed E-state index contributed by atoms with van der Waals surface area (Å²) in [6, 6.07) is 0. The molecule has 0 bridgehead atoms. The minimum Gasteiger partial charge on any atom is -0.482 e. The number of carbonyl (C=O) groups is 1. The van der Waals surface area contributed by atoms with Crippen molar-refractivity contribution in [1.29, 1.82) is 0 Å². The maximum Gasteiger partial charge on any atom is 0.325 e. The van der Waals surface area contributed by atoms with Crippen molar-refractivity contribution in [3.63, 3.8) is 0 Å². The number of aliphatic carboxylic acids is 1. The Kier molecular flexibility index (Phi) is 5.36. The standard InChI is InChI=1S/C5H10N2O3/c6-1-2-10-4-7-3-5(8)9/h4H,1-3,6H2,(H,8,9). The number of nitrogens with zero attached hydrogens (tertiary/aromatic N) is 1. The second-order valence-electron chi connectivity index (χ2n) is 1.50. The number of carboxylic acid groups (broad SMARTS) is 1. The van der Waals surface area contributed by atoms with E-state index in [1.54, 1.807) is 0 Å². The van der Waals surface area contributed by atoms with E-state index in [-0.39, 0.29) is 6.54 Å². The van der Waals surface area contributed by atoms with Crippen LogP contribution in [0.1, 0.15) is 0 Å². The van der Waals surface area contributed by atoms with Crippen molar-refractivity contribution in [2.45, 2.75) is 0 Å². The largest absolute Gasteiger partial charge is 0.482 e. The van der Waals surface area contributed by atoms with Gasteiger partial charge in [0.05, 0.1) is 0 Å². The van der Waals surface area contributed by atoms with Crippen LogP contribution in [0, 0.1) is 0 Å². The highest BCUT2D eigenvalue weighted by atomic mass is 16.5. The molecule has 5 nitrogen and oxygen atoms in total. The Bertz CT molecular complexity index is 124. The minimum absolute atomic E-state index is 0.259. The van der Waals surface area contributed by atoms with Crippen LogP contribution in [0.3, 0.4) is 0 Å². The first-order valence-electron chi connectivity index (χ1n) is 2.79. The van der Waals surface area contributed by atoms with Gasteiger partial charge in [-0.05, 0) is 0 Å². The highest BCUT2D eigenvalue weighted by molar-refractivity contribution is 5.70. The molecular weight excluding hydrogens is 136 g/mol. The molecular formula is C5H10N2O3. The quantitative estimate of drug-likeness (QED) is 0.298. The van der Waals surface area contributed by atoms with Crippen LogP contribution < -0.4 is 5.73 Å². The van der Waals surface area contributed by atoms with E-state index in [1.165, 1.54) is 0 Å². The number of aliphatic imine (C=N–C) groups is 1. The van der Waals surface area contributed by atoms with Crippen LogP contribution in [0.5, 0.6) is 0 Å². The second kappa shape index (κ2) is 6.03. The lowest BCUT2D eigenvalue weighted by Gasteiger charge is -1.92. The van der Waals surface area contributed by atoms with Crippen molar-refractivity contribution in [1.82, 2.24) is 0 Å². The fourth-order valence-electron chi connectivity index (χ4n) is 0.289. The normalized spacial score (nSPS) is 10.1. The summed E-state index contributed by atoms with van der Waals surface area (Å²) in [6.07, 6.45) is 1.10. The predicted octanol–water partition coefficient (Wildman–Crippen LogP) is -0.925. The summed E-state index contributed by atoms with van der Waals surface area (Å²) >= 11 is 0. The molecule has 5 heteroatoms. The summed E-state index contributed by atoms with van der Waals surface area (Å²) in [7, 11) is 0. The molecule has 0 unspecified atom stereocenters. The van der Waals surface area contributed by atoms with E-state index in [0.29, 0.717) is 13.2 Å². The van der Waals surface area contributed by atoms with E-state index in [4.69, 9.17) is 10.8 Å². The highest BCUT2D eigenvalue weighted by Crippen LogP contribution is 1.69. The Morgan fingerprint density at radius 3 is 3.00 bits per heavy atom. The minimum atomic E-state index is -0.979. The number of rotatable bonds is 5. The van der Waals surface area contributed by atoms with Gasteiger partial charge in [-0.25, -0.2) is 4.99 Å². The number of ether oxygens (including phenoxy) is 1. The molecule has 10 heavy (non-hydrogen) atoms. The molecule has 0 aromatic heterocycles. The van der Waals surface area contributed by atoms with Gasteiger partial charge in [0.25, 0.3) is 0 Å². The molecule has 0 aliphatic carbocycles. The lowest BCUT2D eigenvalue weighted by molar-refractivity contribution is -0.135. The van der Waals surface area contributed by atoms with Gasteiger partial charge >= 0.3 is 5.97 Å². The third-order valence-electron chi connectivity index (χ3n) is 0.611. The molecule has 0 atom stereocenters. The summed E-state index contributed by atoms with van der Waals surface area (Å²) in [5, 5.41) is 8.08. The molecule has 58 valence electrons. The molecule has 0 aromatic carbocycles. The molecule has 0 amide bonds. The first-order valence-corrected chi connectivity index (χ1v) is 2.79. The first kappa shape index (κ1) is 8.90. The van der Waals surface area contributed by atoms with Crippen molar-refractivity contribution < 1.29 is 14.6 Å². The van der Waals surface area contributed by atoms with Gasteiger partial charge in [0.1, 0.15) is 13.2 Å². The molecule has 0 saturated carbocycles. The van der Waals surface area contributed by atoms with Crippen LogP contribution >= 0.6 is 0 Å². The Hall–Kier alpha value is -1.10. The summed E-state index contributed by atoms with van der Waals surface area (Å²) < 4.78 is 4.65. The topological polar surface area (TPSA) is 84.9 Å². The van der Waals surface area contributed by atoms with Crippen molar-refractivity contribution in [2.24, 2.45) is 10.7 Å². The van der Waals surface area contributed by atoms with Crippen LogP contribution in [-0.2, 0) is 9.53 Å². The Morgan fingerprint density at radius 2 is 2.50 bits per heavy atom. The van der Waals surface area contributed by atoms with Crippen LogP contribution in [0.2, 0.25) is 0 Å². The highest BCUT2D eigenvalue weighted by Gasteiger charge is 1.88. The average Bonchev–Trinajstić information content (AvgIpc) is 1.87. The SMILES string of the molecule is NCCOC=NCC(=O)O. The van der Waals surface area contributed by atoms with Crippen LogP contribution in [-0.4, -0.2) is 37.2 Å². The Morgan fingerprint density at radius 1 is 1.80 bits per heavy atom. The number of hydrogen-bond acceptors (Lipinski definition) is 4. The average molecular weight is 146 g/mol. The van der Waals surface area contributed by atoms with E-state index >= 15 is 0 Å². The van der Waals surface area contributed by atoms with Crippen LogP contribution in [0.15, 0.2) is 4.99 Å². The molecule has 0 rings (SSSR count).